The molecule has 0 saturated carbocycles. The number of aryl methyl sites for hydroxylation is 1. The fraction of sp³-hybridized carbons (Fsp3) is 0.375. The summed E-state index contributed by atoms with van der Waals surface area (Å²) in [5.41, 5.74) is 11.6. The molecule has 1 heterocycles. The Morgan fingerprint density at radius 1 is 1.75 bits per heavy atom. The van der Waals surface area contributed by atoms with Crippen LogP contribution in [-0.2, 0) is 4.79 Å². The van der Waals surface area contributed by atoms with E-state index in [1.165, 1.54) is 0 Å². The second kappa shape index (κ2) is 3.40. The van der Waals surface area contributed by atoms with Gasteiger partial charge in [-0.3, -0.25) is 4.79 Å². The average molecular weight is 168 g/mol. The number of furan rings is 1. The van der Waals surface area contributed by atoms with Gasteiger partial charge < -0.3 is 15.9 Å². The first-order valence-corrected chi connectivity index (χ1v) is 3.69. The Kier molecular flexibility index (Phi) is 2.50. The summed E-state index contributed by atoms with van der Waals surface area (Å²) in [5.74, 6) is 0.215. The van der Waals surface area contributed by atoms with E-state index in [-0.39, 0.29) is 6.42 Å². The highest BCUT2D eigenvalue weighted by molar-refractivity contribution is 5.74. The second-order valence-corrected chi connectivity index (χ2v) is 2.74. The van der Waals surface area contributed by atoms with Crippen molar-refractivity contribution in [3.8, 4) is 0 Å². The number of amides is 1. The van der Waals surface area contributed by atoms with E-state index in [0.29, 0.717) is 5.76 Å². The van der Waals surface area contributed by atoms with E-state index in [2.05, 4.69) is 0 Å². The minimum absolute atomic E-state index is 0.119. The smallest absolute Gasteiger partial charge is 0.219 e. The van der Waals surface area contributed by atoms with E-state index in [0.717, 1.165) is 5.56 Å². The van der Waals surface area contributed by atoms with Crippen LogP contribution in [0.5, 0.6) is 0 Å². The van der Waals surface area contributed by atoms with Gasteiger partial charge in [-0.1, -0.05) is 0 Å². The molecule has 4 N–H and O–H groups in total. The van der Waals surface area contributed by atoms with Gasteiger partial charge in [0.15, 0.2) is 0 Å². The first-order valence-electron chi connectivity index (χ1n) is 3.69. The Hall–Kier alpha value is -1.29. The molecule has 0 aliphatic carbocycles. The molecule has 1 amide bonds. The Morgan fingerprint density at radius 2 is 2.42 bits per heavy atom. The Balaban J connectivity index is 2.71. The van der Waals surface area contributed by atoms with E-state index in [9.17, 15) is 4.79 Å². The molecular weight excluding hydrogens is 156 g/mol. The van der Waals surface area contributed by atoms with Gasteiger partial charge in [-0.05, 0) is 18.6 Å². The van der Waals surface area contributed by atoms with E-state index < -0.39 is 11.9 Å². The number of rotatable bonds is 3. The van der Waals surface area contributed by atoms with Crippen LogP contribution in [0.15, 0.2) is 16.7 Å². The SMILES string of the molecule is Cc1ccoc1C(N)CC(N)=O. The number of primary amides is 1. The molecule has 0 spiro atoms. The summed E-state index contributed by atoms with van der Waals surface area (Å²) in [6.45, 7) is 1.87. The monoisotopic (exact) mass is 168 g/mol. The van der Waals surface area contributed by atoms with Crippen LogP contribution in [0.25, 0.3) is 0 Å². The summed E-state index contributed by atoms with van der Waals surface area (Å²) in [4.78, 5) is 10.5. The zero-order valence-corrected chi connectivity index (χ0v) is 6.91. The van der Waals surface area contributed by atoms with Gasteiger partial charge in [-0.15, -0.1) is 0 Å². The average Bonchev–Trinajstić information content (AvgIpc) is 2.33. The van der Waals surface area contributed by atoms with Crippen molar-refractivity contribution in [2.75, 3.05) is 0 Å². The van der Waals surface area contributed by atoms with Gasteiger partial charge in [0.25, 0.3) is 0 Å². The quantitative estimate of drug-likeness (QED) is 0.688. The highest BCUT2D eigenvalue weighted by atomic mass is 16.3. The number of hydrogen-bond donors (Lipinski definition) is 2. The van der Waals surface area contributed by atoms with Crippen molar-refractivity contribution in [1.29, 1.82) is 0 Å². The fourth-order valence-corrected chi connectivity index (χ4v) is 1.07. The third-order valence-corrected chi connectivity index (χ3v) is 1.66. The lowest BCUT2D eigenvalue weighted by Crippen LogP contribution is -2.20. The molecule has 1 atom stereocenters. The Labute approximate surface area is 70.5 Å². The standard InChI is InChI=1S/C8H12N2O2/c1-5-2-3-12-8(5)6(9)4-7(10)11/h2-3,6H,4,9H2,1H3,(H2,10,11). The van der Waals surface area contributed by atoms with E-state index in [4.69, 9.17) is 15.9 Å². The van der Waals surface area contributed by atoms with Crippen LogP contribution >= 0.6 is 0 Å². The zero-order chi connectivity index (χ0) is 9.14. The molecule has 66 valence electrons. The maximum absolute atomic E-state index is 10.5. The lowest BCUT2D eigenvalue weighted by molar-refractivity contribution is -0.118. The fourth-order valence-electron chi connectivity index (χ4n) is 1.07. The molecule has 4 heteroatoms. The minimum Gasteiger partial charge on any atom is -0.467 e. The largest absolute Gasteiger partial charge is 0.467 e. The van der Waals surface area contributed by atoms with Gasteiger partial charge in [-0.2, -0.15) is 0 Å². The lowest BCUT2D eigenvalue weighted by Gasteiger charge is -2.06. The van der Waals surface area contributed by atoms with Gasteiger partial charge in [-0.25, -0.2) is 0 Å². The molecule has 1 aromatic heterocycles. The van der Waals surface area contributed by atoms with Crippen LogP contribution in [0.2, 0.25) is 0 Å². The van der Waals surface area contributed by atoms with Crippen LogP contribution in [-0.4, -0.2) is 5.91 Å². The predicted octanol–water partition coefficient (Wildman–Crippen LogP) is 0.463. The summed E-state index contributed by atoms with van der Waals surface area (Å²) in [7, 11) is 0. The molecule has 12 heavy (non-hydrogen) atoms. The molecule has 1 unspecified atom stereocenters. The third-order valence-electron chi connectivity index (χ3n) is 1.66. The molecule has 0 radical (unpaired) electrons. The summed E-state index contributed by atoms with van der Waals surface area (Å²) in [5, 5.41) is 0. The van der Waals surface area contributed by atoms with Gasteiger partial charge >= 0.3 is 0 Å². The van der Waals surface area contributed by atoms with Crippen molar-refractivity contribution in [3.05, 3.63) is 23.7 Å². The normalized spacial score (nSPS) is 12.8. The Bertz CT molecular complexity index is 280. The van der Waals surface area contributed by atoms with Gasteiger partial charge in [0, 0.05) is 6.42 Å². The molecule has 1 rings (SSSR count). The summed E-state index contributed by atoms with van der Waals surface area (Å²) < 4.78 is 5.09. The molecule has 0 saturated heterocycles. The molecule has 4 nitrogen and oxygen atoms in total. The zero-order valence-electron chi connectivity index (χ0n) is 6.91. The maximum atomic E-state index is 10.5. The lowest BCUT2D eigenvalue weighted by atomic mass is 10.1. The molecule has 0 aliphatic rings. The summed E-state index contributed by atoms with van der Waals surface area (Å²) >= 11 is 0. The number of nitrogens with two attached hydrogens (primary N) is 2. The summed E-state index contributed by atoms with van der Waals surface area (Å²) in [6.07, 6.45) is 1.67. The number of carbonyl (C=O) groups is 1. The van der Waals surface area contributed by atoms with Crippen molar-refractivity contribution in [2.45, 2.75) is 19.4 Å². The molecule has 0 aliphatic heterocycles. The van der Waals surface area contributed by atoms with Crippen LogP contribution in [0.1, 0.15) is 23.8 Å². The van der Waals surface area contributed by atoms with Crippen LogP contribution in [0.3, 0.4) is 0 Å². The van der Waals surface area contributed by atoms with Crippen LogP contribution in [0, 0.1) is 6.92 Å². The molecule has 0 fully saturated rings. The first-order chi connectivity index (χ1) is 5.61. The van der Waals surface area contributed by atoms with E-state index >= 15 is 0 Å². The number of carbonyl (C=O) groups excluding carboxylic acids is 1. The predicted molar refractivity (Wildman–Crippen MR) is 44.2 cm³/mol. The topological polar surface area (TPSA) is 82.2 Å². The second-order valence-electron chi connectivity index (χ2n) is 2.74. The highest BCUT2D eigenvalue weighted by Gasteiger charge is 2.14. The van der Waals surface area contributed by atoms with Gasteiger partial charge in [0.05, 0.1) is 12.3 Å². The van der Waals surface area contributed by atoms with Crippen molar-refractivity contribution in [3.63, 3.8) is 0 Å². The van der Waals surface area contributed by atoms with E-state index in [1.54, 1.807) is 12.3 Å². The van der Waals surface area contributed by atoms with E-state index in [1.807, 2.05) is 6.92 Å². The van der Waals surface area contributed by atoms with Crippen molar-refractivity contribution in [2.24, 2.45) is 11.5 Å². The maximum Gasteiger partial charge on any atom is 0.219 e. The summed E-state index contributed by atoms with van der Waals surface area (Å²) in [6, 6.07) is 1.38. The molecular formula is C8H12N2O2. The van der Waals surface area contributed by atoms with Crippen molar-refractivity contribution < 1.29 is 9.21 Å². The number of hydrogen-bond acceptors (Lipinski definition) is 3. The van der Waals surface area contributed by atoms with Crippen molar-refractivity contribution >= 4 is 5.91 Å². The third kappa shape index (κ3) is 1.85. The van der Waals surface area contributed by atoms with Gasteiger partial charge in [0.1, 0.15) is 5.76 Å². The van der Waals surface area contributed by atoms with Crippen molar-refractivity contribution in [1.82, 2.24) is 0 Å². The van der Waals surface area contributed by atoms with Crippen LogP contribution < -0.4 is 11.5 Å². The van der Waals surface area contributed by atoms with Gasteiger partial charge in [0.2, 0.25) is 5.91 Å². The molecule has 0 aromatic carbocycles. The molecule has 1 aromatic rings. The minimum atomic E-state index is -0.419. The van der Waals surface area contributed by atoms with Crippen LogP contribution in [0.4, 0.5) is 0 Å². The molecule has 0 bridgehead atoms. The highest BCUT2D eigenvalue weighted by Crippen LogP contribution is 2.18. The first kappa shape index (κ1) is 8.80. The Morgan fingerprint density at radius 3 is 2.83 bits per heavy atom.